The quantitative estimate of drug-likeness (QED) is 0.810. The van der Waals surface area contributed by atoms with Gasteiger partial charge in [0, 0.05) is 32.9 Å². The number of benzene rings is 1. The van der Waals surface area contributed by atoms with Crippen LogP contribution in [0.5, 0.6) is 5.75 Å². The van der Waals surface area contributed by atoms with Crippen molar-refractivity contribution < 1.29 is 19.3 Å². The molecule has 1 N–H and O–H groups in total. The van der Waals surface area contributed by atoms with E-state index < -0.39 is 6.10 Å². The fourth-order valence-corrected chi connectivity index (χ4v) is 2.50. The highest BCUT2D eigenvalue weighted by molar-refractivity contribution is 5.37. The smallest absolute Gasteiger partial charge is 0.125 e. The Morgan fingerprint density at radius 2 is 1.85 bits per heavy atom. The largest absolute Gasteiger partial charge is 0.491 e. The van der Waals surface area contributed by atoms with Gasteiger partial charge in [-0.2, -0.15) is 0 Å². The molecule has 0 fully saturated rings. The average Bonchev–Trinajstić information content (AvgIpc) is 2.49. The van der Waals surface area contributed by atoms with E-state index in [4.69, 9.17) is 14.2 Å². The molecular weight excluding hydrogens is 258 g/mol. The average molecular weight is 281 g/mol. The molecule has 5 nitrogen and oxygen atoms in total. The van der Waals surface area contributed by atoms with E-state index in [1.54, 1.807) is 14.2 Å². The molecule has 2 unspecified atom stereocenters. The van der Waals surface area contributed by atoms with Crippen LogP contribution in [0, 0.1) is 0 Å². The maximum Gasteiger partial charge on any atom is 0.125 e. The molecule has 0 aliphatic carbocycles. The Morgan fingerprint density at radius 1 is 1.20 bits per heavy atom. The highest BCUT2D eigenvalue weighted by Crippen LogP contribution is 2.33. The van der Waals surface area contributed by atoms with Gasteiger partial charge in [-0.15, -0.1) is 0 Å². The van der Waals surface area contributed by atoms with Crippen molar-refractivity contribution >= 4 is 0 Å². The standard InChI is InChI=1S/C15H23NO4/c1-18-9-7-16(8-10-19-2)13-11-20-14-6-4-3-5-12(14)15(13)17/h3-6,13,15,17H,7-11H2,1-2H3. The monoisotopic (exact) mass is 281 g/mol. The van der Waals surface area contributed by atoms with Crippen molar-refractivity contribution in [2.45, 2.75) is 12.1 Å². The number of hydrogen-bond acceptors (Lipinski definition) is 5. The van der Waals surface area contributed by atoms with Gasteiger partial charge in [0.05, 0.1) is 19.3 Å². The predicted molar refractivity (Wildman–Crippen MR) is 76.0 cm³/mol. The van der Waals surface area contributed by atoms with E-state index in [1.807, 2.05) is 24.3 Å². The summed E-state index contributed by atoms with van der Waals surface area (Å²) in [6.45, 7) is 3.20. The van der Waals surface area contributed by atoms with Gasteiger partial charge in [-0.25, -0.2) is 0 Å². The summed E-state index contributed by atoms with van der Waals surface area (Å²) < 4.78 is 16.0. The molecule has 20 heavy (non-hydrogen) atoms. The van der Waals surface area contributed by atoms with Gasteiger partial charge in [0.1, 0.15) is 18.5 Å². The van der Waals surface area contributed by atoms with Crippen LogP contribution < -0.4 is 4.74 Å². The third-order valence-electron chi connectivity index (χ3n) is 3.65. The van der Waals surface area contributed by atoms with Gasteiger partial charge in [-0.3, -0.25) is 4.90 Å². The number of fused-ring (bicyclic) bond motifs is 1. The number of nitrogens with zero attached hydrogens (tertiary/aromatic N) is 1. The first-order chi connectivity index (χ1) is 9.77. The van der Waals surface area contributed by atoms with Gasteiger partial charge in [0.2, 0.25) is 0 Å². The molecule has 5 heteroatoms. The lowest BCUT2D eigenvalue weighted by atomic mass is 9.98. The van der Waals surface area contributed by atoms with Gasteiger partial charge in [-0.05, 0) is 6.07 Å². The first-order valence-electron chi connectivity index (χ1n) is 6.89. The summed E-state index contributed by atoms with van der Waals surface area (Å²) in [6, 6.07) is 7.57. The molecule has 1 aliphatic rings. The summed E-state index contributed by atoms with van der Waals surface area (Å²) in [5.74, 6) is 0.773. The zero-order valence-corrected chi connectivity index (χ0v) is 12.1. The van der Waals surface area contributed by atoms with Gasteiger partial charge in [0.15, 0.2) is 0 Å². The summed E-state index contributed by atoms with van der Waals surface area (Å²) >= 11 is 0. The molecule has 0 aromatic heterocycles. The third-order valence-corrected chi connectivity index (χ3v) is 3.65. The van der Waals surface area contributed by atoms with Crippen LogP contribution in [0.2, 0.25) is 0 Å². The summed E-state index contributed by atoms with van der Waals surface area (Å²) in [6.07, 6.45) is -0.548. The number of hydrogen-bond donors (Lipinski definition) is 1. The van der Waals surface area contributed by atoms with Crippen LogP contribution in [0.3, 0.4) is 0 Å². The minimum atomic E-state index is -0.548. The Balaban J connectivity index is 2.09. The van der Waals surface area contributed by atoms with Crippen molar-refractivity contribution in [3.05, 3.63) is 29.8 Å². The van der Waals surface area contributed by atoms with E-state index in [0.29, 0.717) is 19.8 Å². The maximum absolute atomic E-state index is 10.6. The number of aliphatic hydroxyl groups is 1. The zero-order valence-electron chi connectivity index (χ0n) is 12.1. The molecule has 112 valence electrons. The number of rotatable bonds is 7. The molecule has 0 amide bonds. The van der Waals surface area contributed by atoms with Crippen molar-refractivity contribution in [1.82, 2.24) is 4.90 Å². The van der Waals surface area contributed by atoms with Crippen LogP contribution in [-0.2, 0) is 9.47 Å². The molecule has 1 aromatic carbocycles. The first-order valence-corrected chi connectivity index (χ1v) is 6.89. The summed E-state index contributed by atoms with van der Waals surface area (Å²) in [7, 11) is 3.36. The minimum Gasteiger partial charge on any atom is -0.491 e. The molecule has 0 saturated carbocycles. The highest BCUT2D eigenvalue weighted by Gasteiger charge is 2.33. The Morgan fingerprint density at radius 3 is 2.50 bits per heavy atom. The number of aliphatic hydroxyl groups excluding tert-OH is 1. The SMILES string of the molecule is COCCN(CCOC)C1COc2ccccc2C1O. The normalized spacial score (nSPS) is 21.6. The lowest BCUT2D eigenvalue weighted by Crippen LogP contribution is -2.48. The molecule has 0 saturated heterocycles. The van der Waals surface area contributed by atoms with E-state index in [1.165, 1.54) is 0 Å². The van der Waals surface area contributed by atoms with Gasteiger partial charge in [-0.1, -0.05) is 18.2 Å². The highest BCUT2D eigenvalue weighted by atomic mass is 16.5. The van der Waals surface area contributed by atoms with Crippen LogP contribution in [-0.4, -0.2) is 63.2 Å². The number of methoxy groups -OCH3 is 2. The van der Waals surface area contributed by atoms with Crippen molar-refractivity contribution in [1.29, 1.82) is 0 Å². The van der Waals surface area contributed by atoms with Crippen molar-refractivity contribution in [2.24, 2.45) is 0 Å². The fraction of sp³-hybridized carbons (Fsp3) is 0.600. The first kappa shape index (κ1) is 15.3. The van der Waals surface area contributed by atoms with Gasteiger partial charge < -0.3 is 19.3 Å². The fourth-order valence-electron chi connectivity index (χ4n) is 2.50. The lowest BCUT2D eigenvalue weighted by Gasteiger charge is -2.38. The Hall–Kier alpha value is -1.14. The molecule has 2 atom stereocenters. The summed E-state index contributed by atoms with van der Waals surface area (Å²) in [4.78, 5) is 2.16. The second-order valence-corrected chi connectivity index (χ2v) is 4.88. The molecule has 1 aromatic rings. The van der Waals surface area contributed by atoms with Crippen LogP contribution in [0.25, 0.3) is 0 Å². The lowest BCUT2D eigenvalue weighted by molar-refractivity contribution is -0.0146. The molecule has 0 spiro atoms. The van der Waals surface area contributed by atoms with Gasteiger partial charge >= 0.3 is 0 Å². The Labute approximate surface area is 120 Å². The third kappa shape index (κ3) is 3.49. The van der Waals surface area contributed by atoms with E-state index in [-0.39, 0.29) is 6.04 Å². The zero-order chi connectivity index (χ0) is 14.4. The predicted octanol–water partition coefficient (Wildman–Crippen LogP) is 1.08. The Bertz CT molecular complexity index is 405. The minimum absolute atomic E-state index is 0.0739. The van der Waals surface area contributed by atoms with Gasteiger partial charge in [0.25, 0.3) is 0 Å². The van der Waals surface area contributed by atoms with Crippen LogP contribution in [0.4, 0.5) is 0 Å². The van der Waals surface area contributed by atoms with E-state index in [9.17, 15) is 5.11 Å². The second-order valence-electron chi connectivity index (χ2n) is 4.88. The molecule has 2 rings (SSSR count). The number of para-hydroxylation sites is 1. The van der Waals surface area contributed by atoms with E-state index in [0.717, 1.165) is 24.4 Å². The maximum atomic E-state index is 10.6. The molecule has 0 bridgehead atoms. The van der Waals surface area contributed by atoms with E-state index in [2.05, 4.69) is 4.90 Å². The summed E-state index contributed by atoms with van der Waals surface area (Å²) in [5.41, 5.74) is 0.851. The molecule has 1 heterocycles. The Kier molecular flexibility index (Phi) is 5.79. The van der Waals surface area contributed by atoms with Crippen LogP contribution in [0.1, 0.15) is 11.7 Å². The summed E-state index contributed by atoms with van der Waals surface area (Å²) in [5, 5.41) is 10.6. The van der Waals surface area contributed by atoms with Crippen molar-refractivity contribution in [3.8, 4) is 5.75 Å². The molecule has 0 radical (unpaired) electrons. The van der Waals surface area contributed by atoms with Crippen LogP contribution >= 0.6 is 0 Å². The van der Waals surface area contributed by atoms with E-state index >= 15 is 0 Å². The second kappa shape index (κ2) is 7.59. The topological polar surface area (TPSA) is 51.2 Å². The van der Waals surface area contributed by atoms with Crippen molar-refractivity contribution in [2.75, 3.05) is 47.1 Å². The molecule has 1 aliphatic heterocycles. The van der Waals surface area contributed by atoms with Crippen molar-refractivity contribution in [3.63, 3.8) is 0 Å². The van der Waals surface area contributed by atoms with Crippen LogP contribution in [0.15, 0.2) is 24.3 Å². The number of ether oxygens (including phenoxy) is 3. The molecular formula is C15H23NO4.